The summed E-state index contributed by atoms with van der Waals surface area (Å²) in [4.78, 5) is 12.0. The fourth-order valence-corrected chi connectivity index (χ4v) is 2.14. The van der Waals surface area contributed by atoms with Gasteiger partial charge in [0.25, 0.3) is 0 Å². The number of aliphatic hydroxyl groups is 1. The van der Waals surface area contributed by atoms with Crippen LogP contribution in [0.5, 0.6) is 0 Å². The van der Waals surface area contributed by atoms with Crippen LogP contribution in [0.2, 0.25) is 0 Å². The first kappa shape index (κ1) is 13.6. The lowest BCUT2D eigenvalue weighted by Crippen LogP contribution is -2.39. The zero-order valence-electron chi connectivity index (χ0n) is 11.6. The zero-order valence-corrected chi connectivity index (χ0v) is 11.6. The van der Waals surface area contributed by atoms with Gasteiger partial charge in [0, 0.05) is 7.11 Å². The Labute approximate surface area is 112 Å². The number of rotatable bonds is 3. The molecule has 102 valence electrons. The van der Waals surface area contributed by atoms with Crippen molar-refractivity contribution in [3.8, 4) is 0 Å². The van der Waals surface area contributed by atoms with E-state index < -0.39 is 17.7 Å². The van der Waals surface area contributed by atoms with Crippen LogP contribution in [0.15, 0.2) is 30.0 Å². The maximum atomic E-state index is 12.0. The van der Waals surface area contributed by atoms with Crippen molar-refractivity contribution in [3.05, 3.63) is 41.2 Å². The molecule has 1 N–H and O–H groups in total. The molecule has 0 fully saturated rings. The maximum Gasteiger partial charge on any atom is 0.343 e. The van der Waals surface area contributed by atoms with Crippen molar-refractivity contribution in [1.82, 2.24) is 0 Å². The van der Waals surface area contributed by atoms with Gasteiger partial charge in [-0.05, 0) is 31.9 Å². The van der Waals surface area contributed by atoms with Crippen molar-refractivity contribution in [2.75, 3.05) is 7.11 Å². The first-order chi connectivity index (χ1) is 8.88. The van der Waals surface area contributed by atoms with E-state index in [0.29, 0.717) is 5.56 Å². The minimum absolute atomic E-state index is 0.0637. The van der Waals surface area contributed by atoms with Gasteiger partial charge in [0.1, 0.15) is 11.2 Å². The molecule has 0 bridgehead atoms. The molecule has 0 saturated heterocycles. The molecule has 1 aliphatic heterocycles. The Morgan fingerprint density at radius 3 is 2.53 bits per heavy atom. The van der Waals surface area contributed by atoms with Gasteiger partial charge >= 0.3 is 5.97 Å². The number of benzene rings is 1. The molecule has 4 heteroatoms. The maximum absolute atomic E-state index is 12.0. The topological polar surface area (TPSA) is 55.8 Å². The predicted octanol–water partition coefficient (Wildman–Crippen LogP) is 2.61. The number of hydrogen-bond acceptors (Lipinski definition) is 4. The molecule has 1 atom stereocenters. The second-order valence-corrected chi connectivity index (χ2v) is 5.17. The number of cyclic esters (lactones) is 1. The lowest BCUT2D eigenvalue weighted by Gasteiger charge is -2.28. The summed E-state index contributed by atoms with van der Waals surface area (Å²) < 4.78 is 10.5. The summed E-state index contributed by atoms with van der Waals surface area (Å²) in [6.45, 7) is 5.42. The van der Waals surface area contributed by atoms with E-state index in [9.17, 15) is 9.90 Å². The zero-order chi connectivity index (χ0) is 14.2. The monoisotopic (exact) mass is 262 g/mol. The molecule has 0 aliphatic carbocycles. The fraction of sp³-hybridized carbons (Fsp3) is 0.400. The van der Waals surface area contributed by atoms with Gasteiger partial charge in [-0.25, -0.2) is 4.79 Å². The third-order valence-electron chi connectivity index (χ3n) is 3.51. The van der Waals surface area contributed by atoms with E-state index in [1.165, 1.54) is 7.11 Å². The number of aryl methyl sites for hydroxylation is 1. The summed E-state index contributed by atoms with van der Waals surface area (Å²) >= 11 is 0. The summed E-state index contributed by atoms with van der Waals surface area (Å²) in [5, 5.41) is 10.3. The molecule has 1 aromatic rings. The molecular formula is C15H18O4. The number of ether oxygens (including phenoxy) is 2. The molecule has 19 heavy (non-hydrogen) atoms. The quantitative estimate of drug-likeness (QED) is 0.851. The van der Waals surface area contributed by atoms with Crippen LogP contribution in [0.4, 0.5) is 0 Å². The second kappa shape index (κ2) is 4.70. The van der Waals surface area contributed by atoms with Crippen molar-refractivity contribution in [1.29, 1.82) is 0 Å². The highest BCUT2D eigenvalue weighted by Gasteiger charge is 2.44. The molecule has 0 radical (unpaired) electrons. The number of carbonyl (C=O) groups is 1. The molecule has 1 aromatic carbocycles. The van der Waals surface area contributed by atoms with Crippen molar-refractivity contribution >= 4 is 11.5 Å². The molecule has 0 amide bonds. The predicted molar refractivity (Wildman–Crippen MR) is 71.7 cm³/mol. The largest absolute Gasteiger partial charge is 0.507 e. The molecule has 4 nitrogen and oxygen atoms in total. The Kier molecular flexibility index (Phi) is 3.37. The van der Waals surface area contributed by atoms with E-state index in [1.54, 1.807) is 19.9 Å². The molecule has 2 rings (SSSR count). The molecule has 0 aromatic heterocycles. The first-order valence-electron chi connectivity index (χ1n) is 6.13. The van der Waals surface area contributed by atoms with Crippen LogP contribution in [0.25, 0.3) is 5.57 Å². The normalized spacial score (nSPS) is 19.8. The SMILES string of the molecule is COC(C)(C)C1OC(=O)C(c2ccccc2C)=C1O. The van der Waals surface area contributed by atoms with E-state index in [-0.39, 0.29) is 11.3 Å². The third-order valence-corrected chi connectivity index (χ3v) is 3.51. The van der Waals surface area contributed by atoms with E-state index >= 15 is 0 Å². The molecule has 1 aliphatic rings. The third kappa shape index (κ3) is 2.24. The van der Waals surface area contributed by atoms with Gasteiger partial charge in [-0.2, -0.15) is 0 Å². The molecule has 1 unspecified atom stereocenters. The molecule has 1 heterocycles. The Morgan fingerprint density at radius 1 is 1.32 bits per heavy atom. The Bertz CT molecular complexity index is 543. The Balaban J connectivity index is 2.51. The summed E-state index contributed by atoms with van der Waals surface area (Å²) in [7, 11) is 1.52. The van der Waals surface area contributed by atoms with Gasteiger partial charge in [-0.15, -0.1) is 0 Å². The smallest absolute Gasteiger partial charge is 0.343 e. The minimum Gasteiger partial charge on any atom is -0.507 e. The van der Waals surface area contributed by atoms with E-state index in [2.05, 4.69) is 0 Å². The number of esters is 1. The summed E-state index contributed by atoms with van der Waals surface area (Å²) in [5.74, 6) is -0.576. The van der Waals surface area contributed by atoms with Crippen molar-refractivity contribution in [2.45, 2.75) is 32.5 Å². The van der Waals surface area contributed by atoms with Crippen LogP contribution in [0, 0.1) is 6.92 Å². The Hall–Kier alpha value is -1.81. The van der Waals surface area contributed by atoms with Crippen LogP contribution in [0.3, 0.4) is 0 Å². The molecular weight excluding hydrogens is 244 g/mol. The van der Waals surface area contributed by atoms with Crippen LogP contribution in [-0.4, -0.2) is 29.9 Å². The fourth-order valence-electron chi connectivity index (χ4n) is 2.14. The number of methoxy groups -OCH3 is 1. The number of carbonyl (C=O) groups excluding carboxylic acids is 1. The van der Waals surface area contributed by atoms with Crippen LogP contribution in [0.1, 0.15) is 25.0 Å². The highest BCUT2D eigenvalue weighted by Crippen LogP contribution is 2.36. The van der Waals surface area contributed by atoms with Gasteiger partial charge in [0.15, 0.2) is 11.9 Å². The standard InChI is InChI=1S/C15H18O4/c1-9-7-5-6-8-10(9)11-12(16)13(19-14(11)17)15(2,3)18-4/h5-8,13,16H,1-4H3. The Morgan fingerprint density at radius 2 is 1.95 bits per heavy atom. The van der Waals surface area contributed by atoms with Gasteiger partial charge in [-0.3, -0.25) is 0 Å². The second-order valence-electron chi connectivity index (χ2n) is 5.17. The van der Waals surface area contributed by atoms with Gasteiger partial charge in [0.05, 0.1) is 0 Å². The van der Waals surface area contributed by atoms with Gasteiger partial charge in [-0.1, -0.05) is 24.3 Å². The average Bonchev–Trinajstić information content (AvgIpc) is 2.67. The lowest BCUT2D eigenvalue weighted by molar-refractivity contribution is -0.151. The number of hydrogen-bond donors (Lipinski definition) is 1. The molecule has 0 spiro atoms. The lowest BCUT2D eigenvalue weighted by atomic mass is 9.95. The summed E-state index contributed by atoms with van der Waals surface area (Å²) in [6.07, 6.45) is -0.778. The summed E-state index contributed by atoms with van der Waals surface area (Å²) in [5.41, 5.74) is 1.06. The van der Waals surface area contributed by atoms with Gasteiger partial charge in [0.2, 0.25) is 0 Å². The summed E-state index contributed by atoms with van der Waals surface area (Å²) in [6, 6.07) is 7.39. The van der Waals surface area contributed by atoms with Crippen molar-refractivity contribution in [3.63, 3.8) is 0 Å². The van der Waals surface area contributed by atoms with Crippen LogP contribution in [-0.2, 0) is 14.3 Å². The van der Waals surface area contributed by atoms with E-state index in [4.69, 9.17) is 9.47 Å². The molecule has 0 saturated carbocycles. The number of aliphatic hydroxyl groups excluding tert-OH is 1. The minimum atomic E-state index is -0.778. The average molecular weight is 262 g/mol. The van der Waals surface area contributed by atoms with E-state index in [0.717, 1.165) is 5.56 Å². The van der Waals surface area contributed by atoms with Gasteiger partial charge < -0.3 is 14.6 Å². The van der Waals surface area contributed by atoms with E-state index in [1.807, 2.05) is 25.1 Å². The van der Waals surface area contributed by atoms with Crippen molar-refractivity contribution in [2.24, 2.45) is 0 Å². The van der Waals surface area contributed by atoms with Crippen LogP contribution >= 0.6 is 0 Å². The highest BCUT2D eigenvalue weighted by atomic mass is 16.6. The first-order valence-corrected chi connectivity index (χ1v) is 6.13. The van der Waals surface area contributed by atoms with Crippen LogP contribution < -0.4 is 0 Å². The highest BCUT2D eigenvalue weighted by molar-refractivity contribution is 6.19. The van der Waals surface area contributed by atoms with Crippen molar-refractivity contribution < 1.29 is 19.4 Å².